The van der Waals surface area contributed by atoms with Crippen molar-refractivity contribution in [3.05, 3.63) is 52.7 Å². The monoisotopic (exact) mass is 355 g/mol. The van der Waals surface area contributed by atoms with E-state index in [2.05, 4.69) is 45.4 Å². The number of aryl methyl sites for hydroxylation is 4. The van der Waals surface area contributed by atoms with E-state index in [0.29, 0.717) is 6.54 Å². The summed E-state index contributed by atoms with van der Waals surface area (Å²) in [6, 6.07) is 8.41. The average molecular weight is 356 g/mol. The summed E-state index contributed by atoms with van der Waals surface area (Å²) in [6.07, 6.45) is 5.76. The first-order chi connectivity index (χ1) is 12.1. The molecule has 0 bridgehead atoms. The summed E-state index contributed by atoms with van der Waals surface area (Å²) in [7, 11) is 1.92. The topological polar surface area (TPSA) is 47.7 Å². The van der Waals surface area contributed by atoms with Crippen LogP contribution >= 0.6 is 11.6 Å². The van der Waals surface area contributed by atoms with E-state index in [1.807, 2.05) is 18.7 Å². The first-order valence-corrected chi connectivity index (χ1v) is 9.08. The number of rotatable bonds is 4. The summed E-state index contributed by atoms with van der Waals surface area (Å²) in [6.45, 7) is 3.66. The lowest BCUT2D eigenvalue weighted by molar-refractivity contribution is 0.522. The van der Waals surface area contributed by atoms with E-state index in [1.165, 1.54) is 18.7 Å². The Morgan fingerprint density at radius 2 is 2.00 bits per heavy atom. The maximum Gasteiger partial charge on any atom is 0.109 e. The van der Waals surface area contributed by atoms with E-state index in [4.69, 9.17) is 16.6 Å². The fourth-order valence-corrected chi connectivity index (χ4v) is 3.60. The zero-order chi connectivity index (χ0) is 17.4. The highest BCUT2D eigenvalue weighted by atomic mass is 35.5. The lowest BCUT2D eigenvalue weighted by Gasteiger charge is -2.11. The Balaban J connectivity index is 1.47. The molecule has 0 spiro atoms. The number of hydrogen-bond donors (Lipinski definition) is 1. The standard InChI is InChI=1S/C19H22ClN5/c1-13-19(20)17(24(2)23-13)11-21-15-8-6-14(7-9-15)16-12-25-10-4-3-5-18(25)22-16/h6-9,12,21H,3-5,10-11H2,1-2H3. The number of nitrogens with zero attached hydrogens (tertiary/aromatic N) is 4. The van der Waals surface area contributed by atoms with Gasteiger partial charge in [0.25, 0.3) is 0 Å². The molecule has 1 N–H and O–H groups in total. The number of imidazole rings is 1. The molecule has 0 saturated heterocycles. The lowest BCUT2D eigenvalue weighted by atomic mass is 10.1. The van der Waals surface area contributed by atoms with E-state index in [1.54, 1.807) is 0 Å². The van der Waals surface area contributed by atoms with Crippen LogP contribution in [0.2, 0.25) is 5.02 Å². The number of aromatic nitrogens is 4. The second-order valence-electron chi connectivity index (χ2n) is 6.59. The zero-order valence-corrected chi connectivity index (χ0v) is 15.3. The molecule has 1 aliphatic heterocycles. The van der Waals surface area contributed by atoms with Crippen LogP contribution in [-0.2, 0) is 26.6 Å². The molecule has 3 heterocycles. The zero-order valence-electron chi connectivity index (χ0n) is 14.6. The van der Waals surface area contributed by atoms with Gasteiger partial charge in [-0.25, -0.2) is 4.98 Å². The molecular formula is C19H22ClN5. The number of anilines is 1. The number of nitrogens with one attached hydrogen (secondary N) is 1. The van der Waals surface area contributed by atoms with Crippen molar-refractivity contribution < 1.29 is 0 Å². The van der Waals surface area contributed by atoms with Crippen molar-refractivity contribution in [3.8, 4) is 11.3 Å². The number of benzene rings is 1. The van der Waals surface area contributed by atoms with Crippen LogP contribution in [0.3, 0.4) is 0 Å². The van der Waals surface area contributed by atoms with Crippen molar-refractivity contribution >= 4 is 17.3 Å². The fraction of sp³-hybridized carbons (Fsp3) is 0.368. The van der Waals surface area contributed by atoms with Gasteiger partial charge in [0.2, 0.25) is 0 Å². The van der Waals surface area contributed by atoms with Gasteiger partial charge in [0, 0.05) is 37.5 Å². The Morgan fingerprint density at radius 3 is 2.68 bits per heavy atom. The van der Waals surface area contributed by atoms with Gasteiger partial charge in [-0.3, -0.25) is 4.68 Å². The summed E-state index contributed by atoms with van der Waals surface area (Å²) < 4.78 is 4.12. The Bertz CT molecular complexity index is 868. The van der Waals surface area contributed by atoms with E-state index < -0.39 is 0 Å². The molecule has 25 heavy (non-hydrogen) atoms. The Kier molecular flexibility index (Phi) is 4.25. The molecule has 3 aromatic rings. The van der Waals surface area contributed by atoms with Gasteiger partial charge in [-0.05, 0) is 31.9 Å². The third kappa shape index (κ3) is 3.16. The van der Waals surface area contributed by atoms with Gasteiger partial charge < -0.3 is 9.88 Å². The maximum atomic E-state index is 6.30. The van der Waals surface area contributed by atoms with E-state index in [0.717, 1.165) is 46.3 Å². The predicted molar refractivity (Wildman–Crippen MR) is 101 cm³/mol. The van der Waals surface area contributed by atoms with Gasteiger partial charge in [-0.1, -0.05) is 23.7 Å². The summed E-state index contributed by atoms with van der Waals surface area (Å²) in [5.41, 5.74) is 5.13. The molecule has 4 rings (SSSR count). The maximum absolute atomic E-state index is 6.30. The molecule has 0 aliphatic carbocycles. The minimum Gasteiger partial charge on any atom is -0.379 e. The Morgan fingerprint density at radius 1 is 1.20 bits per heavy atom. The van der Waals surface area contributed by atoms with Crippen molar-refractivity contribution in [1.82, 2.24) is 19.3 Å². The first kappa shape index (κ1) is 16.2. The van der Waals surface area contributed by atoms with E-state index in [9.17, 15) is 0 Å². The van der Waals surface area contributed by atoms with Gasteiger partial charge in [0.05, 0.1) is 28.6 Å². The highest BCUT2D eigenvalue weighted by Gasteiger charge is 2.13. The first-order valence-electron chi connectivity index (χ1n) is 8.70. The summed E-state index contributed by atoms with van der Waals surface area (Å²) in [4.78, 5) is 4.78. The Labute approximate surface area is 152 Å². The second kappa shape index (κ2) is 6.56. The molecule has 0 radical (unpaired) electrons. The summed E-state index contributed by atoms with van der Waals surface area (Å²) >= 11 is 6.30. The van der Waals surface area contributed by atoms with Crippen LogP contribution in [0.1, 0.15) is 30.1 Å². The molecule has 1 aliphatic rings. The van der Waals surface area contributed by atoms with Crippen LogP contribution < -0.4 is 5.32 Å². The van der Waals surface area contributed by atoms with Crippen molar-refractivity contribution in [2.75, 3.05) is 5.32 Å². The predicted octanol–water partition coefficient (Wildman–Crippen LogP) is 4.19. The lowest BCUT2D eigenvalue weighted by Crippen LogP contribution is -2.08. The molecule has 5 nitrogen and oxygen atoms in total. The largest absolute Gasteiger partial charge is 0.379 e. The normalized spacial score (nSPS) is 13.7. The van der Waals surface area contributed by atoms with Crippen molar-refractivity contribution in [2.45, 2.75) is 39.3 Å². The molecule has 0 atom stereocenters. The summed E-state index contributed by atoms with van der Waals surface area (Å²) in [5, 5.41) is 8.49. The highest BCUT2D eigenvalue weighted by molar-refractivity contribution is 6.31. The molecule has 1 aromatic carbocycles. The smallest absolute Gasteiger partial charge is 0.109 e. The number of halogens is 1. The molecule has 2 aromatic heterocycles. The number of hydrogen-bond acceptors (Lipinski definition) is 3. The van der Waals surface area contributed by atoms with Gasteiger partial charge in [-0.15, -0.1) is 0 Å². The van der Waals surface area contributed by atoms with Crippen LogP contribution in [0.15, 0.2) is 30.5 Å². The third-order valence-corrected chi connectivity index (χ3v) is 5.30. The van der Waals surface area contributed by atoms with Gasteiger partial charge in [0.15, 0.2) is 0 Å². The van der Waals surface area contributed by atoms with E-state index in [-0.39, 0.29) is 0 Å². The second-order valence-corrected chi connectivity index (χ2v) is 6.97. The minimum absolute atomic E-state index is 0.647. The Hall–Kier alpha value is -2.27. The fourth-order valence-electron chi connectivity index (χ4n) is 3.37. The highest BCUT2D eigenvalue weighted by Crippen LogP contribution is 2.25. The van der Waals surface area contributed by atoms with Crippen LogP contribution in [-0.4, -0.2) is 19.3 Å². The van der Waals surface area contributed by atoms with E-state index >= 15 is 0 Å². The SMILES string of the molecule is Cc1nn(C)c(CNc2ccc(-c3cn4c(n3)CCCC4)cc2)c1Cl. The van der Waals surface area contributed by atoms with Crippen molar-refractivity contribution in [2.24, 2.45) is 7.05 Å². The van der Waals surface area contributed by atoms with Crippen LogP contribution in [0, 0.1) is 6.92 Å². The summed E-state index contributed by atoms with van der Waals surface area (Å²) in [5.74, 6) is 1.21. The van der Waals surface area contributed by atoms with Gasteiger partial charge in [0.1, 0.15) is 5.82 Å². The molecule has 130 valence electrons. The minimum atomic E-state index is 0.647. The van der Waals surface area contributed by atoms with Gasteiger partial charge in [-0.2, -0.15) is 5.10 Å². The van der Waals surface area contributed by atoms with Crippen LogP contribution in [0.4, 0.5) is 5.69 Å². The molecule has 0 unspecified atom stereocenters. The molecule has 0 amide bonds. The molecule has 0 saturated carbocycles. The van der Waals surface area contributed by atoms with Crippen molar-refractivity contribution in [1.29, 1.82) is 0 Å². The number of fused-ring (bicyclic) bond motifs is 1. The van der Waals surface area contributed by atoms with Crippen molar-refractivity contribution in [3.63, 3.8) is 0 Å². The molecular weight excluding hydrogens is 334 g/mol. The third-order valence-electron chi connectivity index (χ3n) is 4.81. The van der Waals surface area contributed by atoms with Crippen LogP contribution in [0.25, 0.3) is 11.3 Å². The quantitative estimate of drug-likeness (QED) is 0.763. The van der Waals surface area contributed by atoms with Gasteiger partial charge >= 0.3 is 0 Å². The molecule has 6 heteroatoms. The average Bonchev–Trinajstić information content (AvgIpc) is 3.15. The van der Waals surface area contributed by atoms with Crippen LogP contribution in [0.5, 0.6) is 0 Å². The molecule has 0 fully saturated rings.